The molecule has 0 fully saturated rings. The molecular weight excluding hydrogens is 155 g/mol. The van der Waals surface area contributed by atoms with E-state index in [-0.39, 0.29) is 5.83 Å². The van der Waals surface area contributed by atoms with E-state index in [0.29, 0.717) is 25.0 Å². The van der Waals surface area contributed by atoms with Crippen LogP contribution in [0.4, 0.5) is 4.39 Å². The number of carbonyl (C=O) groups excluding carboxylic acids is 1. The smallest absolute Gasteiger partial charge is 0.137 e. The highest BCUT2D eigenvalue weighted by Crippen LogP contribution is 2.33. The van der Waals surface area contributed by atoms with Crippen LogP contribution in [0.5, 0.6) is 0 Å². The van der Waals surface area contributed by atoms with Crippen LogP contribution in [0.1, 0.15) is 32.1 Å². The molecular formula is C10H11FO. The molecule has 0 aliphatic heterocycles. The molecule has 0 aromatic heterocycles. The third kappa shape index (κ3) is 1.33. The molecule has 0 atom stereocenters. The summed E-state index contributed by atoms with van der Waals surface area (Å²) in [5.41, 5.74) is 2.26. The predicted octanol–water partition coefficient (Wildman–Crippen LogP) is 2.68. The Balaban J connectivity index is 2.27. The number of allylic oxidation sites excluding steroid dienone is 4. The Bertz CT molecular complexity index is 286. The zero-order valence-electron chi connectivity index (χ0n) is 6.90. The van der Waals surface area contributed by atoms with Crippen molar-refractivity contribution in [2.45, 2.75) is 32.1 Å². The van der Waals surface area contributed by atoms with Crippen molar-refractivity contribution in [3.63, 3.8) is 0 Å². The fourth-order valence-corrected chi connectivity index (χ4v) is 1.85. The molecule has 64 valence electrons. The summed E-state index contributed by atoms with van der Waals surface area (Å²) in [7, 11) is 0. The van der Waals surface area contributed by atoms with Crippen molar-refractivity contribution in [1.82, 2.24) is 0 Å². The first-order chi connectivity index (χ1) is 5.75. The Labute approximate surface area is 71.0 Å². The number of halogens is 1. The minimum absolute atomic E-state index is 0.0249. The Morgan fingerprint density at radius 2 is 2.00 bits per heavy atom. The molecule has 0 N–H and O–H groups in total. The van der Waals surface area contributed by atoms with Gasteiger partial charge in [-0.3, -0.25) is 4.79 Å². The Hall–Kier alpha value is -0.920. The predicted molar refractivity (Wildman–Crippen MR) is 44.3 cm³/mol. The van der Waals surface area contributed by atoms with Crippen LogP contribution < -0.4 is 0 Å². The van der Waals surface area contributed by atoms with Gasteiger partial charge in [-0.1, -0.05) is 5.57 Å². The molecule has 0 radical (unpaired) electrons. The lowest BCUT2D eigenvalue weighted by Crippen LogP contribution is -2.11. The lowest BCUT2D eigenvalue weighted by Gasteiger charge is -2.20. The molecule has 1 nitrogen and oxygen atoms in total. The van der Waals surface area contributed by atoms with Crippen LogP contribution in [0.2, 0.25) is 0 Å². The van der Waals surface area contributed by atoms with Gasteiger partial charge < -0.3 is 0 Å². The third-order valence-electron chi connectivity index (χ3n) is 2.53. The van der Waals surface area contributed by atoms with E-state index in [1.165, 1.54) is 5.57 Å². The SMILES string of the molecule is O=C1CCC2=C(CCC(F)=C2)C1. The second-order valence-electron chi connectivity index (χ2n) is 3.44. The maximum absolute atomic E-state index is 12.8. The van der Waals surface area contributed by atoms with Crippen molar-refractivity contribution >= 4 is 5.78 Å². The number of carbonyl (C=O) groups is 1. The molecule has 0 amide bonds. The first-order valence-corrected chi connectivity index (χ1v) is 4.34. The topological polar surface area (TPSA) is 17.1 Å². The maximum atomic E-state index is 12.8. The van der Waals surface area contributed by atoms with E-state index >= 15 is 0 Å². The largest absolute Gasteiger partial charge is 0.299 e. The Morgan fingerprint density at radius 3 is 2.83 bits per heavy atom. The summed E-state index contributed by atoms with van der Waals surface area (Å²) in [5.74, 6) is 0.285. The van der Waals surface area contributed by atoms with Gasteiger partial charge in [0.25, 0.3) is 0 Å². The third-order valence-corrected chi connectivity index (χ3v) is 2.53. The van der Waals surface area contributed by atoms with Gasteiger partial charge in [-0.15, -0.1) is 0 Å². The minimum Gasteiger partial charge on any atom is -0.299 e. The first-order valence-electron chi connectivity index (χ1n) is 4.34. The van der Waals surface area contributed by atoms with Gasteiger partial charge in [-0.25, -0.2) is 4.39 Å². The van der Waals surface area contributed by atoms with E-state index in [0.717, 1.165) is 18.4 Å². The van der Waals surface area contributed by atoms with Gasteiger partial charge in [0.05, 0.1) is 0 Å². The maximum Gasteiger partial charge on any atom is 0.137 e. The fraction of sp³-hybridized carbons (Fsp3) is 0.500. The molecule has 2 aliphatic rings. The molecule has 12 heavy (non-hydrogen) atoms. The normalized spacial score (nSPS) is 23.8. The summed E-state index contributed by atoms with van der Waals surface area (Å²) < 4.78 is 12.8. The Morgan fingerprint density at radius 1 is 1.17 bits per heavy atom. The van der Waals surface area contributed by atoms with E-state index in [9.17, 15) is 9.18 Å². The fourth-order valence-electron chi connectivity index (χ4n) is 1.85. The van der Waals surface area contributed by atoms with Crippen molar-refractivity contribution < 1.29 is 9.18 Å². The molecule has 2 aliphatic carbocycles. The number of hydrogen-bond acceptors (Lipinski definition) is 1. The summed E-state index contributed by atoms with van der Waals surface area (Å²) in [6.45, 7) is 0. The van der Waals surface area contributed by atoms with E-state index in [2.05, 4.69) is 0 Å². The van der Waals surface area contributed by atoms with Crippen LogP contribution in [-0.4, -0.2) is 5.78 Å². The highest BCUT2D eigenvalue weighted by atomic mass is 19.1. The van der Waals surface area contributed by atoms with Crippen LogP contribution in [-0.2, 0) is 4.79 Å². The van der Waals surface area contributed by atoms with E-state index < -0.39 is 0 Å². The summed E-state index contributed by atoms with van der Waals surface area (Å²) in [5, 5.41) is 0. The average Bonchev–Trinajstić information content (AvgIpc) is 2.05. The standard InChI is InChI=1S/C10H11FO/c11-9-3-1-8-6-10(12)4-2-7(8)5-9/h5H,1-4,6H2. The van der Waals surface area contributed by atoms with Gasteiger partial charge in [-0.05, 0) is 24.5 Å². The van der Waals surface area contributed by atoms with Crippen LogP contribution in [0.25, 0.3) is 0 Å². The highest BCUT2D eigenvalue weighted by Gasteiger charge is 2.20. The molecule has 0 saturated heterocycles. The van der Waals surface area contributed by atoms with Crippen LogP contribution in [0.3, 0.4) is 0 Å². The van der Waals surface area contributed by atoms with Crippen molar-refractivity contribution in [2.24, 2.45) is 0 Å². The summed E-state index contributed by atoms with van der Waals surface area (Å²) in [6, 6.07) is 0. The Kier molecular flexibility index (Phi) is 1.83. The number of rotatable bonds is 0. The molecule has 0 bridgehead atoms. The highest BCUT2D eigenvalue weighted by molar-refractivity contribution is 5.83. The molecule has 0 aromatic carbocycles. The lowest BCUT2D eigenvalue weighted by molar-refractivity contribution is -0.118. The van der Waals surface area contributed by atoms with Gasteiger partial charge in [-0.2, -0.15) is 0 Å². The number of hydrogen-bond donors (Lipinski definition) is 0. The van der Waals surface area contributed by atoms with E-state index in [1.54, 1.807) is 6.08 Å². The second kappa shape index (κ2) is 2.85. The van der Waals surface area contributed by atoms with Gasteiger partial charge in [0.15, 0.2) is 0 Å². The van der Waals surface area contributed by atoms with Gasteiger partial charge in [0.2, 0.25) is 0 Å². The molecule has 0 aromatic rings. The quantitative estimate of drug-likeness (QED) is 0.540. The number of ketones is 1. The van der Waals surface area contributed by atoms with Gasteiger partial charge >= 0.3 is 0 Å². The summed E-state index contributed by atoms with van der Waals surface area (Å²) in [4.78, 5) is 11.1. The summed E-state index contributed by atoms with van der Waals surface area (Å²) >= 11 is 0. The molecule has 2 rings (SSSR count). The molecule has 0 spiro atoms. The van der Waals surface area contributed by atoms with E-state index in [1.807, 2.05) is 0 Å². The van der Waals surface area contributed by atoms with Crippen LogP contribution in [0.15, 0.2) is 23.0 Å². The number of Topliss-reactive ketones (excluding diaryl/α,β-unsaturated/α-hetero) is 1. The molecule has 0 heterocycles. The van der Waals surface area contributed by atoms with Crippen molar-refractivity contribution in [3.8, 4) is 0 Å². The zero-order chi connectivity index (χ0) is 8.55. The summed E-state index contributed by atoms with van der Waals surface area (Å²) in [6.07, 6.45) is 4.78. The van der Waals surface area contributed by atoms with Crippen molar-refractivity contribution in [3.05, 3.63) is 23.0 Å². The first kappa shape index (κ1) is 7.71. The van der Waals surface area contributed by atoms with Crippen molar-refractivity contribution in [2.75, 3.05) is 0 Å². The zero-order valence-corrected chi connectivity index (χ0v) is 6.90. The van der Waals surface area contributed by atoms with Crippen LogP contribution >= 0.6 is 0 Å². The lowest BCUT2D eigenvalue weighted by atomic mass is 9.85. The minimum atomic E-state index is -0.0249. The van der Waals surface area contributed by atoms with Gasteiger partial charge in [0, 0.05) is 19.3 Å². The monoisotopic (exact) mass is 166 g/mol. The molecule has 2 heteroatoms. The van der Waals surface area contributed by atoms with Gasteiger partial charge in [0.1, 0.15) is 11.6 Å². The molecule has 0 unspecified atom stereocenters. The van der Waals surface area contributed by atoms with Crippen LogP contribution in [0, 0.1) is 0 Å². The average molecular weight is 166 g/mol. The van der Waals surface area contributed by atoms with Crippen molar-refractivity contribution in [1.29, 1.82) is 0 Å². The molecule has 0 saturated carbocycles. The van der Waals surface area contributed by atoms with E-state index in [4.69, 9.17) is 0 Å². The second-order valence-corrected chi connectivity index (χ2v) is 3.44.